The van der Waals surface area contributed by atoms with Gasteiger partial charge in [0.15, 0.2) is 11.6 Å². The fourth-order valence-electron chi connectivity index (χ4n) is 1.18. The van der Waals surface area contributed by atoms with E-state index in [1.165, 1.54) is 19.2 Å². The summed E-state index contributed by atoms with van der Waals surface area (Å²) in [4.78, 5) is 0. The number of alkyl halides is 1. The van der Waals surface area contributed by atoms with Gasteiger partial charge in [0, 0.05) is 13.0 Å². The third-order valence-electron chi connectivity index (χ3n) is 1.93. The van der Waals surface area contributed by atoms with Gasteiger partial charge in [0.25, 0.3) is 0 Å². The summed E-state index contributed by atoms with van der Waals surface area (Å²) in [6, 6.07) is 4.37. The van der Waals surface area contributed by atoms with Crippen molar-refractivity contribution in [3.8, 4) is 5.75 Å². The van der Waals surface area contributed by atoms with Crippen LogP contribution >= 0.6 is 0 Å². The van der Waals surface area contributed by atoms with Crippen LogP contribution in [0.2, 0.25) is 0 Å². The Morgan fingerprint density at radius 3 is 2.71 bits per heavy atom. The van der Waals surface area contributed by atoms with Crippen LogP contribution < -0.4 is 10.5 Å². The summed E-state index contributed by atoms with van der Waals surface area (Å²) in [7, 11) is 1.38. The molecule has 1 aromatic rings. The number of hydrogen-bond donors (Lipinski definition) is 1. The first kappa shape index (κ1) is 10.9. The molecule has 4 heteroatoms. The van der Waals surface area contributed by atoms with E-state index in [0.717, 1.165) is 0 Å². The third-order valence-corrected chi connectivity index (χ3v) is 1.93. The Morgan fingerprint density at radius 1 is 1.50 bits per heavy atom. The summed E-state index contributed by atoms with van der Waals surface area (Å²) >= 11 is 0. The van der Waals surface area contributed by atoms with E-state index in [0.29, 0.717) is 5.56 Å². The van der Waals surface area contributed by atoms with Gasteiger partial charge in [-0.2, -0.15) is 0 Å². The molecule has 0 saturated heterocycles. The van der Waals surface area contributed by atoms with Crippen molar-refractivity contribution in [1.82, 2.24) is 0 Å². The van der Waals surface area contributed by atoms with Gasteiger partial charge in [-0.15, -0.1) is 0 Å². The maximum Gasteiger partial charge on any atom is 0.165 e. The SMILES string of the molecule is COc1ccc(CC(F)CN)cc1F. The fraction of sp³-hybridized carbons (Fsp3) is 0.400. The zero-order valence-electron chi connectivity index (χ0n) is 7.97. The number of ether oxygens (including phenoxy) is 1. The Labute approximate surface area is 81.7 Å². The molecule has 1 aromatic carbocycles. The minimum absolute atomic E-state index is 0.0480. The van der Waals surface area contributed by atoms with Crippen LogP contribution in [0.3, 0.4) is 0 Å². The largest absolute Gasteiger partial charge is 0.494 e. The molecular formula is C10H13F2NO. The van der Waals surface area contributed by atoms with Crippen LogP contribution in [0, 0.1) is 5.82 Å². The smallest absolute Gasteiger partial charge is 0.165 e. The van der Waals surface area contributed by atoms with E-state index in [1.807, 2.05) is 0 Å². The van der Waals surface area contributed by atoms with Crippen LogP contribution in [0.5, 0.6) is 5.75 Å². The van der Waals surface area contributed by atoms with Crippen molar-refractivity contribution in [2.45, 2.75) is 12.6 Å². The van der Waals surface area contributed by atoms with Gasteiger partial charge in [-0.05, 0) is 17.7 Å². The molecule has 0 aromatic heterocycles. The molecule has 14 heavy (non-hydrogen) atoms. The highest BCUT2D eigenvalue weighted by Crippen LogP contribution is 2.18. The average molecular weight is 201 g/mol. The number of rotatable bonds is 4. The maximum atomic E-state index is 13.1. The van der Waals surface area contributed by atoms with Crippen LogP contribution in [0.25, 0.3) is 0 Å². The highest BCUT2D eigenvalue weighted by Gasteiger charge is 2.08. The summed E-state index contributed by atoms with van der Waals surface area (Å²) in [6.07, 6.45) is -0.986. The van der Waals surface area contributed by atoms with Gasteiger partial charge in [0.05, 0.1) is 7.11 Å². The van der Waals surface area contributed by atoms with Crippen molar-refractivity contribution in [3.63, 3.8) is 0 Å². The lowest BCUT2D eigenvalue weighted by Crippen LogP contribution is -2.17. The van der Waals surface area contributed by atoms with Gasteiger partial charge in [-0.25, -0.2) is 8.78 Å². The highest BCUT2D eigenvalue weighted by molar-refractivity contribution is 5.29. The molecule has 1 atom stereocenters. The Hall–Kier alpha value is -1.16. The summed E-state index contributed by atoms with van der Waals surface area (Å²) in [5.41, 5.74) is 5.71. The molecule has 0 amide bonds. The van der Waals surface area contributed by atoms with E-state index in [4.69, 9.17) is 10.5 Å². The van der Waals surface area contributed by atoms with Crippen LogP contribution in [-0.4, -0.2) is 19.8 Å². The molecule has 0 aliphatic heterocycles. The quantitative estimate of drug-likeness (QED) is 0.804. The van der Waals surface area contributed by atoms with Crippen LogP contribution in [0.15, 0.2) is 18.2 Å². The summed E-state index contributed by atoms with van der Waals surface area (Å²) < 4.78 is 30.7. The molecule has 0 fully saturated rings. The van der Waals surface area contributed by atoms with Crippen molar-refractivity contribution >= 4 is 0 Å². The maximum absolute atomic E-state index is 13.1. The lowest BCUT2D eigenvalue weighted by Gasteiger charge is -2.07. The monoisotopic (exact) mass is 201 g/mol. The predicted molar refractivity (Wildman–Crippen MR) is 50.6 cm³/mol. The van der Waals surface area contributed by atoms with Gasteiger partial charge in [-0.1, -0.05) is 6.07 Å². The molecule has 0 aliphatic rings. The topological polar surface area (TPSA) is 35.2 Å². The minimum atomic E-state index is -1.12. The van der Waals surface area contributed by atoms with Crippen molar-refractivity contribution in [2.75, 3.05) is 13.7 Å². The first-order valence-electron chi connectivity index (χ1n) is 4.34. The van der Waals surface area contributed by atoms with E-state index >= 15 is 0 Å². The molecule has 78 valence electrons. The second kappa shape index (κ2) is 4.91. The second-order valence-electron chi connectivity index (χ2n) is 3.01. The molecule has 0 heterocycles. The molecular weight excluding hydrogens is 188 g/mol. The van der Waals surface area contributed by atoms with Crippen molar-refractivity contribution < 1.29 is 13.5 Å². The molecule has 0 saturated carbocycles. The molecule has 2 N–H and O–H groups in total. The van der Waals surface area contributed by atoms with E-state index in [9.17, 15) is 8.78 Å². The standard InChI is InChI=1S/C10H13F2NO/c1-14-10-3-2-7(5-9(10)12)4-8(11)6-13/h2-3,5,8H,4,6,13H2,1H3. The first-order chi connectivity index (χ1) is 6.67. The number of hydrogen-bond acceptors (Lipinski definition) is 2. The molecule has 1 rings (SSSR count). The van der Waals surface area contributed by atoms with E-state index in [2.05, 4.69) is 0 Å². The molecule has 2 nitrogen and oxygen atoms in total. The van der Waals surface area contributed by atoms with Crippen molar-refractivity contribution in [2.24, 2.45) is 5.73 Å². The average Bonchev–Trinajstić information content (AvgIpc) is 2.18. The number of benzene rings is 1. The van der Waals surface area contributed by atoms with Crippen LogP contribution in [0.1, 0.15) is 5.56 Å². The molecule has 0 radical (unpaired) electrons. The summed E-state index contributed by atoms with van der Waals surface area (Å²) in [5.74, 6) is -0.314. The van der Waals surface area contributed by atoms with Gasteiger partial charge < -0.3 is 10.5 Å². The van der Waals surface area contributed by atoms with E-state index < -0.39 is 12.0 Å². The van der Waals surface area contributed by atoms with Crippen molar-refractivity contribution in [3.05, 3.63) is 29.6 Å². The fourth-order valence-corrected chi connectivity index (χ4v) is 1.18. The minimum Gasteiger partial charge on any atom is -0.494 e. The number of nitrogens with two attached hydrogens (primary N) is 1. The highest BCUT2D eigenvalue weighted by atomic mass is 19.1. The van der Waals surface area contributed by atoms with Crippen LogP contribution in [-0.2, 0) is 6.42 Å². The van der Waals surface area contributed by atoms with Crippen LogP contribution in [0.4, 0.5) is 8.78 Å². The summed E-state index contributed by atoms with van der Waals surface area (Å²) in [5, 5.41) is 0. The predicted octanol–water partition coefficient (Wildman–Crippen LogP) is 1.67. The van der Waals surface area contributed by atoms with Gasteiger partial charge in [-0.3, -0.25) is 0 Å². The lowest BCUT2D eigenvalue weighted by atomic mass is 10.1. The van der Waals surface area contributed by atoms with Gasteiger partial charge in [0.1, 0.15) is 6.17 Å². The Balaban J connectivity index is 2.76. The van der Waals surface area contributed by atoms with E-state index in [-0.39, 0.29) is 18.7 Å². The molecule has 0 aliphatic carbocycles. The molecule has 1 unspecified atom stereocenters. The Morgan fingerprint density at radius 2 is 2.21 bits per heavy atom. The normalized spacial score (nSPS) is 12.6. The second-order valence-corrected chi connectivity index (χ2v) is 3.01. The van der Waals surface area contributed by atoms with Gasteiger partial charge in [0.2, 0.25) is 0 Å². The van der Waals surface area contributed by atoms with Crippen molar-refractivity contribution in [1.29, 1.82) is 0 Å². The van der Waals surface area contributed by atoms with Gasteiger partial charge >= 0.3 is 0 Å². The zero-order chi connectivity index (χ0) is 10.6. The Kier molecular flexibility index (Phi) is 3.83. The number of methoxy groups -OCH3 is 1. The zero-order valence-corrected chi connectivity index (χ0v) is 7.97. The number of halogens is 2. The third kappa shape index (κ3) is 2.67. The lowest BCUT2D eigenvalue weighted by molar-refractivity contribution is 0.339. The Bertz CT molecular complexity index is 304. The molecule has 0 spiro atoms. The van der Waals surface area contributed by atoms with E-state index in [1.54, 1.807) is 6.07 Å². The first-order valence-corrected chi connectivity index (χ1v) is 4.34. The molecule has 0 bridgehead atoms. The summed E-state index contributed by atoms with van der Waals surface area (Å²) in [6.45, 7) is -0.0480.